The zero-order valence-corrected chi connectivity index (χ0v) is 17.1. The van der Waals surface area contributed by atoms with E-state index in [9.17, 15) is 0 Å². The van der Waals surface area contributed by atoms with Gasteiger partial charge >= 0.3 is 0 Å². The smallest absolute Gasteiger partial charge is 0.252 e. The molecule has 7 heteroatoms. The van der Waals surface area contributed by atoms with Crippen LogP contribution < -0.4 is 10.7 Å². The molecule has 0 spiro atoms. The number of benzene rings is 3. The third-order valence-corrected chi connectivity index (χ3v) is 5.34. The standard InChI is InChI=1S/C23H19ClN6/c1-15-26-27-23-29(14-16-6-10-18(24)11-7-16)28-22(17-8-12-19(25)13-9-17)20-4-2-3-5-21(20)30(15)23/h2-13H,14,25H2,1H3. The number of aryl methyl sites for hydroxylation is 1. The number of rotatable bonds is 3. The van der Waals surface area contributed by atoms with Crippen molar-refractivity contribution >= 4 is 28.9 Å². The third kappa shape index (κ3) is 3.21. The monoisotopic (exact) mass is 414 g/mol. The van der Waals surface area contributed by atoms with Gasteiger partial charge in [-0.25, -0.2) is 5.01 Å². The molecule has 1 aliphatic rings. The molecule has 0 unspecified atom stereocenters. The van der Waals surface area contributed by atoms with Crippen molar-refractivity contribution in [2.75, 3.05) is 10.7 Å². The lowest BCUT2D eigenvalue weighted by molar-refractivity contribution is 0.796. The minimum Gasteiger partial charge on any atom is -0.399 e. The van der Waals surface area contributed by atoms with Gasteiger partial charge in [-0.1, -0.05) is 54.1 Å². The van der Waals surface area contributed by atoms with Crippen molar-refractivity contribution in [1.82, 2.24) is 14.8 Å². The normalized spacial score (nSPS) is 12.7. The van der Waals surface area contributed by atoms with E-state index in [2.05, 4.69) is 22.3 Å². The van der Waals surface area contributed by atoms with Gasteiger partial charge in [-0.05, 0) is 42.8 Å². The number of nitrogens with two attached hydrogens (primary N) is 1. The summed E-state index contributed by atoms with van der Waals surface area (Å²) in [5, 5.41) is 16.4. The molecule has 0 fully saturated rings. The van der Waals surface area contributed by atoms with Gasteiger partial charge in [-0.3, -0.25) is 4.57 Å². The molecule has 2 N–H and O–H groups in total. The lowest BCUT2D eigenvalue weighted by Gasteiger charge is -2.18. The molecule has 148 valence electrons. The van der Waals surface area contributed by atoms with Gasteiger partial charge in [-0.15, -0.1) is 10.2 Å². The maximum atomic E-state index is 6.06. The van der Waals surface area contributed by atoms with Crippen LogP contribution in [0, 0.1) is 6.92 Å². The predicted molar refractivity (Wildman–Crippen MR) is 120 cm³/mol. The van der Waals surface area contributed by atoms with Crippen molar-refractivity contribution in [3.8, 4) is 5.69 Å². The summed E-state index contributed by atoms with van der Waals surface area (Å²) in [6, 6.07) is 23.7. The van der Waals surface area contributed by atoms with Crippen LogP contribution >= 0.6 is 11.6 Å². The molecule has 0 amide bonds. The highest BCUT2D eigenvalue weighted by Gasteiger charge is 2.26. The van der Waals surface area contributed by atoms with Gasteiger partial charge in [-0.2, -0.15) is 5.10 Å². The van der Waals surface area contributed by atoms with Crippen molar-refractivity contribution < 1.29 is 0 Å². The summed E-state index contributed by atoms with van der Waals surface area (Å²) in [5.74, 6) is 1.47. The Kier molecular flexibility index (Phi) is 4.48. The number of anilines is 2. The van der Waals surface area contributed by atoms with E-state index < -0.39 is 0 Å². The van der Waals surface area contributed by atoms with Gasteiger partial charge in [0.1, 0.15) is 11.5 Å². The molecule has 0 saturated carbocycles. The largest absolute Gasteiger partial charge is 0.399 e. The molecule has 0 bridgehead atoms. The van der Waals surface area contributed by atoms with Crippen molar-refractivity contribution in [3.05, 3.63) is 100 Å². The lowest BCUT2D eigenvalue weighted by atomic mass is 10.0. The van der Waals surface area contributed by atoms with E-state index in [1.165, 1.54) is 0 Å². The van der Waals surface area contributed by atoms with E-state index in [-0.39, 0.29) is 0 Å². The molecule has 2 heterocycles. The number of hydrazone groups is 1. The fourth-order valence-electron chi connectivity index (χ4n) is 3.61. The zero-order valence-electron chi connectivity index (χ0n) is 16.3. The Hall–Kier alpha value is -3.64. The first kappa shape index (κ1) is 18.4. The van der Waals surface area contributed by atoms with Crippen LogP contribution in [0.3, 0.4) is 0 Å². The van der Waals surface area contributed by atoms with Gasteiger partial charge in [0.05, 0.1) is 12.2 Å². The van der Waals surface area contributed by atoms with Crippen LogP contribution in [0.1, 0.15) is 22.5 Å². The second-order valence-corrected chi connectivity index (χ2v) is 7.59. The van der Waals surface area contributed by atoms with Crippen molar-refractivity contribution in [1.29, 1.82) is 0 Å². The Morgan fingerprint density at radius 3 is 2.40 bits per heavy atom. The van der Waals surface area contributed by atoms with Crippen molar-refractivity contribution in [2.45, 2.75) is 13.5 Å². The first-order valence-electron chi connectivity index (χ1n) is 9.58. The topological polar surface area (TPSA) is 72.3 Å². The Bertz CT molecular complexity index is 1240. The van der Waals surface area contributed by atoms with Gasteiger partial charge < -0.3 is 5.73 Å². The van der Waals surface area contributed by atoms with Gasteiger partial charge in [0.15, 0.2) is 0 Å². The maximum Gasteiger partial charge on any atom is 0.252 e. The van der Waals surface area contributed by atoms with E-state index in [0.29, 0.717) is 23.2 Å². The maximum absolute atomic E-state index is 6.06. The molecule has 6 nitrogen and oxygen atoms in total. The van der Waals surface area contributed by atoms with Crippen LogP contribution in [0.15, 0.2) is 77.9 Å². The van der Waals surface area contributed by atoms with Crippen molar-refractivity contribution in [2.24, 2.45) is 5.10 Å². The Morgan fingerprint density at radius 1 is 0.900 bits per heavy atom. The lowest BCUT2D eigenvalue weighted by Crippen LogP contribution is -2.20. The number of nitrogens with zero attached hydrogens (tertiary/aromatic N) is 5. The molecular formula is C23H19ClN6. The SMILES string of the molecule is Cc1nnc2n1-c1ccccc1C(c1ccc(N)cc1)=NN2Cc1ccc(Cl)cc1. The summed E-state index contributed by atoms with van der Waals surface area (Å²) in [4.78, 5) is 0. The summed E-state index contributed by atoms with van der Waals surface area (Å²) >= 11 is 6.06. The van der Waals surface area contributed by atoms with Crippen LogP contribution in [0.25, 0.3) is 5.69 Å². The highest BCUT2D eigenvalue weighted by molar-refractivity contribution is 6.30. The number of hydrogen-bond acceptors (Lipinski definition) is 5. The molecule has 0 saturated heterocycles. The number of hydrogen-bond donors (Lipinski definition) is 1. The van der Waals surface area contributed by atoms with E-state index in [1.54, 1.807) is 0 Å². The average molecular weight is 415 g/mol. The molecule has 5 rings (SSSR count). The van der Waals surface area contributed by atoms with Crippen LogP contribution in [-0.2, 0) is 6.54 Å². The van der Waals surface area contributed by atoms with Crippen LogP contribution in [0.5, 0.6) is 0 Å². The van der Waals surface area contributed by atoms with Crippen molar-refractivity contribution in [3.63, 3.8) is 0 Å². The fraction of sp³-hybridized carbons (Fsp3) is 0.0870. The summed E-state index contributed by atoms with van der Waals surface area (Å²) in [5.41, 5.74) is 11.5. The second-order valence-electron chi connectivity index (χ2n) is 7.15. The third-order valence-electron chi connectivity index (χ3n) is 5.09. The minimum atomic E-state index is 0.530. The van der Waals surface area contributed by atoms with Crippen LogP contribution in [0.4, 0.5) is 11.6 Å². The van der Waals surface area contributed by atoms with Crippen LogP contribution in [-0.4, -0.2) is 20.5 Å². The molecule has 4 aromatic rings. The summed E-state index contributed by atoms with van der Waals surface area (Å²) in [7, 11) is 0. The first-order chi connectivity index (χ1) is 14.6. The number of para-hydroxylation sites is 1. The number of halogens is 1. The molecule has 3 aromatic carbocycles. The van der Waals surface area contributed by atoms with Gasteiger partial charge in [0.25, 0.3) is 5.95 Å². The molecule has 1 aromatic heterocycles. The summed E-state index contributed by atoms with van der Waals surface area (Å²) < 4.78 is 2.04. The van der Waals surface area contributed by atoms with E-state index in [0.717, 1.165) is 33.9 Å². The first-order valence-corrected chi connectivity index (χ1v) is 9.96. The fourth-order valence-corrected chi connectivity index (χ4v) is 3.74. The number of aromatic nitrogens is 3. The van der Waals surface area contributed by atoms with Gasteiger partial charge in [0, 0.05) is 21.8 Å². The van der Waals surface area contributed by atoms with E-state index in [1.807, 2.05) is 77.2 Å². The molecular weight excluding hydrogens is 396 g/mol. The predicted octanol–water partition coefficient (Wildman–Crippen LogP) is 4.58. The second kappa shape index (κ2) is 7.31. The van der Waals surface area contributed by atoms with Gasteiger partial charge in [0.2, 0.25) is 0 Å². The van der Waals surface area contributed by atoms with E-state index in [4.69, 9.17) is 22.4 Å². The Balaban J connectivity index is 1.71. The number of fused-ring (bicyclic) bond motifs is 3. The molecule has 0 aliphatic carbocycles. The highest BCUT2D eigenvalue weighted by atomic mass is 35.5. The summed E-state index contributed by atoms with van der Waals surface area (Å²) in [6.07, 6.45) is 0. The average Bonchev–Trinajstić information content (AvgIpc) is 3.08. The molecule has 0 atom stereocenters. The Morgan fingerprint density at radius 2 is 1.63 bits per heavy atom. The number of nitrogen functional groups attached to an aromatic ring is 1. The molecule has 30 heavy (non-hydrogen) atoms. The summed E-state index contributed by atoms with van der Waals surface area (Å²) in [6.45, 7) is 2.48. The molecule has 0 radical (unpaired) electrons. The zero-order chi connectivity index (χ0) is 20.7. The minimum absolute atomic E-state index is 0.530. The Labute approximate surface area is 179 Å². The van der Waals surface area contributed by atoms with Crippen LogP contribution in [0.2, 0.25) is 5.02 Å². The van der Waals surface area contributed by atoms with E-state index >= 15 is 0 Å². The molecule has 1 aliphatic heterocycles. The quantitative estimate of drug-likeness (QED) is 0.498. The highest BCUT2D eigenvalue weighted by Crippen LogP contribution is 2.30.